The molecule has 0 fully saturated rings. The van der Waals surface area contributed by atoms with E-state index in [2.05, 4.69) is 25.6 Å². The molecule has 3 aromatic rings. The highest BCUT2D eigenvalue weighted by molar-refractivity contribution is 8.00. The summed E-state index contributed by atoms with van der Waals surface area (Å²) in [6.45, 7) is 2.01. The molecule has 1 N–H and O–H groups in total. The maximum atomic E-state index is 4.59. The Morgan fingerprint density at radius 2 is 2.16 bits per heavy atom. The van der Waals surface area contributed by atoms with Gasteiger partial charge in [0.05, 0.1) is 11.1 Å². The summed E-state index contributed by atoms with van der Waals surface area (Å²) in [6.07, 6.45) is 0. The molecule has 7 heteroatoms. The second kappa shape index (κ2) is 5.44. The van der Waals surface area contributed by atoms with E-state index in [1.807, 2.05) is 25.4 Å². The fourth-order valence-electron chi connectivity index (χ4n) is 1.68. The number of thioether (sulfide) groups is 1. The van der Waals surface area contributed by atoms with Crippen molar-refractivity contribution in [1.82, 2.24) is 15.0 Å². The number of aromatic nitrogens is 3. The summed E-state index contributed by atoms with van der Waals surface area (Å²) in [5.41, 5.74) is 1.07. The monoisotopic (exact) mass is 308 g/mol. The predicted molar refractivity (Wildman–Crippen MR) is 83.4 cm³/mol. The largest absolute Gasteiger partial charge is 0.372 e. The minimum Gasteiger partial charge on any atom is -0.372 e. The molecule has 0 bridgehead atoms. The molecule has 0 aliphatic carbocycles. The van der Waals surface area contributed by atoms with E-state index in [-0.39, 0.29) is 0 Å². The van der Waals surface area contributed by atoms with Gasteiger partial charge in [-0.3, -0.25) is 0 Å². The van der Waals surface area contributed by atoms with Crippen LogP contribution in [0.2, 0.25) is 0 Å². The third-order valence-corrected chi connectivity index (χ3v) is 5.47. The van der Waals surface area contributed by atoms with Crippen molar-refractivity contribution in [3.63, 3.8) is 0 Å². The number of fused-ring (bicyclic) bond motifs is 1. The zero-order valence-electron chi connectivity index (χ0n) is 10.5. The van der Waals surface area contributed by atoms with Crippen molar-refractivity contribution in [2.24, 2.45) is 0 Å². The molecular formula is C12H12N4S3. The van der Waals surface area contributed by atoms with E-state index in [1.54, 1.807) is 34.4 Å². The number of hydrogen-bond acceptors (Lipinski definition) is 7. The summed E-state index contributed by atoms with van der Waals surface area (Å²) < 4.78 is 1.07. The van der Waals surface area contributed by atoms with Crippen LogP contribution in [0.1, 0.15) is 11.5 Å². The van der Waals surface area contributed by atoms with Crippen LogP contribution in [0.5, 0.6) is 0 Å². The molecule has 3 aromatic heterocycles. The van der Waals surface area contributed by atoms with Crippen molar-refractivity contribution in [2.45, 2.75) is 17.0 Å². The zero-order valence-corrected chi connectivity index (χ0v) is 13.0. The number of aryl methyl sites for hydroxylation is 1. The first-order chi connectivity index (χ1) is 9.26. The van der Waals surface area contributed by atoms with Crippen LogP contribution in [0, 0.1) is 6.92 Å². The van der Waals surface area contributed by atoms with Crippen LogP contribution in [0.25, 0.3) is 10.2 Å². The van der Waals surface area contributed by atoms with Crippen molar-refractivity contribution in [1.29, 1.82) is 0 Å². The van der Waals surface area contributed by atoms with Gasteiger partial charge in [-0.1, -0.05) is 11.8 Å². The first-order valence-electron chi connectivity index (χ1n) is 5.73. The van der Waals surface area contributed by atoms with E-state index < -0.39 is 0 Å². The number of hydrogen-bond donors (Lipinski definition) is 1. The van der Waals surface area contributed by atoms with Crippen LogP contribution >= 0.6 is 34.4 Å². The van der Waals surface area contributed by atoms with Crippen molar-refractivity contribution in [3.8, 4) is 0 Å². The van der Waals surface area contributed by atoms with Gasteiger partial charge in [0.25, 0.3) is 0 Å². The number of nitrogens with one attached hydrogen (secondary N) is 1. The zero-order chi connectivity index (χ0) is 13.2. The standard InChI is InChI=1S/C12H12N4S3/c1-7-5-18-12(14-7)19-6-9-15-10(13-2)8-3-4-17-11(8)16-9/h3-5H,6H2,1-2H3,(H,13,15,16). The van der Waals surface area contributed by atoms with Crippen LogP contribution in [-0.2, 0) is 5.75 Å². The Balaban J connectivity index is 1.84. The first-order valence-corrected chi connectivity index (χ1v) is 8.47. The van der Waals surface area contributed by atoms with Crippen LogP contribution in [0.15, 0.2) is 21.2 Å². The van der Waals surface area contributed by atoms with E-state index in [9.17, 15) is 0 Å². The lowest BCUT2D eigenvalue weighted by Gasteiger charge is -2.04. The molecule has 0 aliphatic heterocycles. The van der Waals surface area contributed by atoms with Gasteiger partial charge in [0.2, 0.25) is 0 Å². The Kier molecular flexibility index (Phi) is 3.67. The van der Waals surface area contributed by atoms with Gasteiger partial charge in [0.15, 0.2) is 4.34 Å². The molecule has 3 rings (SSSR count). The lowest BCUT2D eigenvalue weighted by molar-refractivity contribution is 1.07. The molecule has 3 heterocycles. The Morgan fingerprint density at radius 3 is 2.89 bits per heavy atom. The number of thiazole rings is 1. The van der Waals surface area contributed by atoms with Gasteiger partial charge in [0.1, 0.15) is 16.5 Å². The summed E-state index contributed by atoms with van der Waals surface area (Å²) in [5, 5.41) is 8.32. The highest BCUT2D eigenvalue weighted by Crippen LogP contribution is 2.28. The molecule has 0 unspecified atom stereocenters. The van der Waals surface area contributed by atoms with Crippen molar-refractivity contribution < 1.29 is 0 Å². The van der Waals surface area contributed by atoms with Gasteiger partial charge in [-0.05, 0) is 18.4 Å². The average Bonchev–Trinajstić information content (AvgIpc) is 3.03. The predicted octanol–water partition coefficient (Wildman–Crippen LogP) is 3.79. The maximum absolute atomic E-state index is 4.59. The topological polar surface area (TPSA) is 50.7 Å². The molecule has 0 saturated carbocycles. The molecule has 0 atom stereocenters. The van der Waals surface area contributed by atoms with E-state index >= 15 is 0 Å². The summed E-state index contributed by atoms with van der Waals surface area (Å²) in [6, 6.07) is 2.05. The van der Waals surface area contributed by atoms with Crippen LogP contribution in [0.3, 0.4) is 0 Å². The average molecular weight is 308 g/mol. The summed E-state index contributed by atoms with van der Waals surface area (Å²) in [5.74, 6) is 2.49. The highest BCUT2D eigenvalue weighted by Gasteiger charge is 2.09. The summed E-state index contributed by atoms with van der Waals surface area (Å²) >= 11 is 4.99. The minimum absolute atomic E-state index is 0.746. The molecule has 0 radical (unpaired) electrons. The van der Waals surface area contributed by atoms with Gasteiger partial charge < -0.3 is 5.32 Å². The molecule has 0 aromatic carbocycles. The first kappa shape index (κ1) is 12.8. The van der Waals surface area contributed by atoms with Gasteiger partial charge in [-0.2, -0.15) is 0 Å². The molecule has 0 saturated heterocycles. The number of anilines is 1. The molecular weight excluding hydrogens is 296 g/mol. The number of nitrogens with zero attached hydrogens (tertiary/aromatic N) is 3. The van der Waals surface area contributed by atoms with Crippen LogP contribution < -0.4 is 5.32 Å². The highest BCUT2D eigenvalue weighted by atomic mass is 32.2. The molecule has 0 amide bonds. The summed E-state index contributed by atoms with van der Waals surface area (Å²) in [4.78, 5) is 14.6. The molecule has 0 aliphatic rings. The molecule has 0 spiro atoms. The van der Waals surface area contributed by atoms with Gasteiger partial charge in [-0.15, -0.1) is 22.7 Å². The second-order valence-corrected chi connectivity index (χ2v) is 6.90. The van der Waals surface area contributed by atoms with Crippen LogP contribution in [0.4, 0.5) is 5.82 Å². The van der Waals surface area contributed by atoms with Gasteiger partial charge in [-0.25, -0.2) is 15.0 Å². The number of thiophene rings is 1. The maximum Gasteiger partial charge on any atom is 0.150 e. The number of rotatable bonds is 4. The molecule has 19 heavy (non-hydrogen) atoms. The Labute approximate surface area is 123 Å². The third kappa shape index (κ3) is 2.72. The Morgan fingerprint density at radius 1 is 1.26 bits per heavy atom. The lowest BCUT2D eigenvalue weighted by atomic mass is 10.4. The van der Waals surface area contributed by atoms with Gasteiger partial charge >= 0.3 is 0 Å². The van der Waals surface area contributed by atoms with Crippen molar-refractivity contribution in [3.05, 3.63) is 28.3 Å². The van der Waals surface area contributed by atoms with E-state index in [0.717, 1.165) is 37.6 Å². The van der Waals surface area contributed by atoms with Crippen LogP contribution in [-0.4, -0.2) is 22.0 Å². The second-order valence-electron chi connectivity index (χ2n) is 3.92. The normalized spacial score (nSPS) is 11.1. The minimum atomic E-state index is 0.746. The molecule has 98 valence electrons. The summed E-state index contributed by atoms with van der Waals surface area (Å²) in [7, 11) is 1.89. The quantitative estimate of drug-likeness (QED) is 0.743. The Bertz CT molecular complexity index is 704. The van der Waals surface area contributed by atoms with Crippen molar-refractivity contribution in [2.75, 3.05) is 12.4 Å². The fourth-order valence-corrected chi connectivity index (χ4v) is 4.17. The third-order valence-electron chi connectivity index (χ3n) is 2.53. The smallest absolute Gasteiger partial charge is 0.150 e. The Hall–Kier alpha value is -1.18. The van der Waals surface area contributed by atoms with E-state index in [4.69, 9.17) is 0 Å². The van der Waals surface area contributed by atoms with E-state index in [0.29, 0.717) is 0 Å². The SMILES string of the molecule is CNc1nc(CSc2nc(C)cs2)nc2sccc12. The molecule has 4 nitrogen and oxygen atoms in total. The van der Waals surface area contributed by atoms with Gasteiger partial charge in [0, 0.05) is 18.1 Å². The lowest BCUT2D eigenvalue weighted by Crippen LogP contribution is -1.99. The van der Waals surface area contributed by atoms with Crippen molar-refractivity contribution >= 4 is 50.5 Å². The fraction of sp³-hybridized carbons (Fsp3) is 0.250. The van der Waals surface area contributed by atoms with E-state index in [1.165, 1.54) is 0 Å².